The van der Waals surface area contributed by atoms with Crippen LogP contribution in [0.15, 0.2) is 36.7 Å². The maximum absolute atomic E-state index is 11.6. The molecule has 0 aliphatic carbocycles. The molecule has 0 aliphatic heterocycles. The first-order valence-corrected chi connectivity index (χ1v) is 5.30. The van der Waals surface area contributed by atoms with Gasteiger partial charge in [-0.2, -0.15) is 0 Å². The van der Waals surface area contributed by atoms with E-state index in [0.29, 0.717) is 22.7 Å². The number of carbonyl (C=O) groups is 1. The van der Waals surface area contributed by atoms with Gasteiger partial charge in [0.25, 0.3) is 0 Å². The lowest BCUT2D eigenvalue weighted by atomic mass is 10.1. The molecule has 0 unspecified atom stereocenters. The number of benzene rings is 1. The Hall–Kier alpha value is -2.43. The van der Waals surface area contributed by atoms with Crippen molar-refractivity contribution in [2.45, 2.75) is 0 Å². The third kappa shape index (κ3) is 2.29. The minimum atomic E-state index is -0.400. The van der Waals surface area contributed by atoms with E-state index in [1.807, 2.05) is 6.07 Å². The molecular weight excluding hydrogens is 232 g/mol. The van der Waals surface area contributed by atoms with Crippen LogP contribution in [0.5, 0.6) is 5.88 Å². The van der Waals surface area contributed by atoms with E-state index in [1.165, 1.54) is 20.4 Å². The number of rotatable bonds is 3. The summed E-state index contributed by atoms with van der Waals surface area (Å²) in [7, 11) is 2.87. The van der Waals surface area contributed by atoms with E-state index in [-0.39, 0.29) is 0 Å². The van der Waals surface area contributed by atoms with Crippen LogP contribution < -0.4 is 4.74 Å². The Balaban J connectivity index is 2.46. The minimum Gasteiger partial charge on any atom is -0.480 e. The summed E-state index contributed by atoms with van der Waals surface area (Å²) in [5.41, 5.74) is 1.73. The predicted molar refractivity (Wildman–Crippen MR) is 65.4 cm³/mol. The molecule has 0 aliphatic rings. The van der Waals surface area contributed by atoms with Crippen LogP contribution in [0, 0.1) is 0 Å². The fourth-order valence-electron chi connectivity index (χ4n) is 1.56. The fraction of sp³-hybridized carbons (Fsp3) is 0.154. The molecule has 92 valence electrons. The van der Waals surface area contributed by atoms with E-state index < -0.39 is 5.97 Å². The zero-order chi connectivity index (χ0) is 13.0. The van der Waals surface area contributed by atoms with Crippen molar-refractivity contribution in [1.29, 1.82) is 0 Å². The van der Waals surface area contributed by atoms with Crippen molar-refractivity contribution >= 4 is 5.97 Å². The summed E-state index contributed by atoms with van der Waals surface area (Å²) in [5, 5.41) is 0. The van der Waals surface area contributed by atoms with Gasteiger partial charge in [0.2, 0.25) is 5.88 Å². The van der Waals surface area contributed by atoms with Crippen molar-refractivity contribution in [1.82, 2.24) is 9.97 Å². The third-order valence-electron chi connectivity index (χ3n) is 2.45. The largest absolute Gasteiger partial charge is 0.480 e. The van der Waals surface area contributed by atoms with Gasteiger partial charge in [-0.1, -0.05) is 18.2 Å². The average molecular weight is 244 g/mol. The van der Waals surface area contributed by atoms with E-state index >= 15 is 0 Å². The Labute approximate surface area is 104 Å². The minimum absolute atomic E-state index is 0.400. The summed E-state index contributed by atoms with van der Waals surface area (Å²) < 4.78 is 9.67. The second-order valence-electron chi connectivity index (χ2n) is 3.48. The molecule has 0 fully saturated rings. The Morgan fingerprint density at radius 2 is 1.89 bits per heavy atom. The number of carbonyl (C=O) groups excluding carboxylic acids is 1. The van der Waals surface area contributed by atoms with Gasteiger partial charge < -0.3 is 9.47 Å². The van der Waals surface area contributed by atoms with Crippen LogP contribution in [-0.4, -0.2) is 30.2 Å². The topological polar surface area (TPSA) is 61.3 Å². The van der Waals surface area contributed by atoms with Crippen molar-refractivity contribution in [3.63, 3.8) is 0 Å². The fourth-order valence-corrected chi connectivity index (χ4v) is 1.56. The second-order valence-corrected chi connectivity index (χ2v) is 3.48. The molecule has 0 atom stereocenters. The summed E-state index contributed by atoms with van der Waals surface area (Å²) in [5.74, 6) is 0.0255. The maximum Gasteiger partial charge on any atom is 0.338 e. The highest BCUT2D eigenvalue weighted by Crippen LogP contribution is 2.22. The van der Waals surface area contributed by atoms with Crippen molar-refractivity contribution in [3.8, 4) is 17.1 Å². The zero-order valence-corrected chi connectivity index (χ0v) is 10.1. The van der Waals surface area contributed by atoms with Crippen LogP contribution >= 0.6 is 0 Å². The first-order valence-electron chi connectivity index (χ1n) is 5.30. The van der Waals surface area contributed by atoms with Gasteiger partial charge >= 0.3 is 5.97 Å². The van der Waals surface area contributed by atoms with Gasteiger partial charge in [0.15, 0.2) is 0 Å². The highest BCUT2D eigenvalue weighted by Gasteiger charge is 2.13. The predicted octanol–water partition coefficient (Wildman–Crippen LogP) is 1.94. The van der Waals surface area contributed by atoms with Gasteiger partial charge in [-0.05, 0) is 6.07 Å². The van der Waals surface area contributed by atoms with Crippen molar-refractivity contribution in [2.24, 2.45) is 0 Å². The zero-order valence-electron chi connectivity index (χ0n) is 10.1. The molecule has 5 heteroatoms. The van der Waals surface area contributed by atoms with Crippen LogP contribution in [0.25, 0.3) is 11.3 Å². The molecule has 0 saturated heterocycles. The van der Waals surface area contributed by atoms with Crippen molar-refractivity contribution in [3.05, 3.63) is 42.2 Å². The molecule has 5 nitrogen and oxygen atoms in total. The van der Waals surface area contributed by atoms with Gasteiger partial charge in [0, 0.05) is 5.56 Å². The first-order chi connectivity index (χ1) is 8.76. The smallest absolute Gasteiger partial charge is 0.338 e. The van der Waals surface area contributed by atoms with Gasteiger partial charge in [-0.3, -0.25) is 0 Å². The number of nitrogens with zero attached hydrogens (tertiary/aromatic N) is 2. The highest BCUT2D eigenvalue weighted by molar-refractivity contribution is 5.96. The lowest BCUT2D eigenvalue weighted by molar-refractivity contribution is 0.0601. The van der Waals surface area contributed by atoms with Crippen LogP contribution in [0.1, 0.15) is 10.4 Å². The maximum atomic E-state index is 11.6. The molecule has 18 heavy (non-hydrogen) atoms. The van der Waals surface area contributed by atoms with E-state index in [2.05, 4.69) is 9.97 Å². The Kier molecular flexibility index (Phi) is 3.52. The number of hydrogen-bond acceptors (Lipinski definition) is 5. The number of methoxy groups -OCH3 is 2. The lowest BCUT2D eigenvalue weighted by Gasteiger charge is -2.07. The average Bonchev–Trinajstić information content (AvgIpc) is 2.46. The summed E-state index contributed by atoms with van der Waals surface area (Å²) in [4.78, 5) is 19.9. The van der Waals surface area contributed by atoms with Gasteiger partial charge in [0.05, 0.1) is 37.9 Å². The molecular formula is C13H12N2O3. The standard InChI is InChI=1S/C13H12N2O3/c1-17-12-8-14-11(7-15-12)9-5-3-4-6-10(9)13(16)18-2/h3-8H,1-2H3. The SMILES string of the molecule is COC(=O)c1ccccc1-c1cnc(OC)cn1. The molecule has 0 spiro atoms. The normalized spacial score (nSPS) is 9.89. The Morgan fingerprint density at radius 3 is 2.50 bits per heavy atom. The summed E-state index contributed by atoms with van der Waals surface area (Å²) in [6, 6.07) is 7.08. The van der Waals surface area contributed by atoms with E-state index in [1.54, 1.807) is 24.4 Å². The molecule has 0 saturated carbocycles. The van der Waals surface area contributed by atoms with E-state index in [0.717, 1.165) is 0 Å². The van der Waals surface area contributed by atoms with E-state index in [4.69, 9.17) is 9.47 Å². The number of ether oxygens (including phenoxy) is 2. The molecule has 2 aromatic rings. The molecule has 1 heterocycles. The summed E-state index contributed by atoms with van der Waals surface area (Å²) in [6.45, 7) is 0. The van der Waals surface area contributed by atoms with Gasteiger partial charge in [-0.25, -0.2) is 14.8 Å². The molecule has 0 N–H and O–H groups in total. The highest BCUT2D eigenvalue weighted by atomic mass is 16.5. The molecule has 1 aromatic heterocycles. The number of esters is 1. The van der Waals surface area contributed by atoms with Crippen LogP contribution in [-0.2, 0) is 4.74 Å². The molecule has 2 rings (SSSR count). The van der Waals surface area contributed by atoms with Crippen molar-refractivity contribution in [2.75, 3.05) is 14.2 Å². The monoisotopic (exact) mass is 244 g/mol. The summed E-state index contributed by atoms with van der Waals surface area (Å²) in [6.07, 6.45) is 3.06. The quantitative estimate of drug-likeness (QED) is 0.772. The first kappa shape index (κ1) is 12.0. The molecule has 0 radical (unpaired) electrons. The summed E-state index contributed by atoms with van der Waals surface area (Å²) >= 11 is 0. The Bertz CT molecular complexity index is 552. The lowest BCUT2D eigenvalue weighted by Crippen LogP contribution is -2.04. The molecule has 1 aromatic carbocycles. The van der Waals surface area contributed by atoms with Gasteiger partial charge in [0.1, 0.15) is 0 Å². The molecule has 0 bridgehead atoms. The van der Waals surface area contributed by atoms with Crippen LogP contribution in [0.3, 0.4) is 0 Å². The van der Waals surface area contributed by atoms with Crippen molar-refractivity contribution < 1.29 is 14.3 Å². The second kappa shape index (κ2) is 5.27. The van der Waals surface area contributed by atoms with E-state index in [9.17, 15) is 4.79 Å². The van der Waals surface area contributed by atoms with Crippen LogP contribution in [0.2, 0.25) is 0 Å². The van der Waals surface area contributed by atoms with Crippen LogP contribution in [0.4, 0.5) is 0 Å². The number of aromatic nitrogens is 2. The molecule has 0 amide bonds. The third-order valence-corrected chi connectivity index (χ3v) is 2.45. The van der Waals surface area contributed by atoms with Gasteiger partial charge in [-0.15, -0.1) is 0 Å². The Morgan fingerprint density at radius 1 is 1.11 bits per heavy atom. The number of hydrogen-bond donors (Lipinski definition) is 0.